The summed E-state index contributed by atoms with van der Waals surface area (Å²) in [5, 5.41) is 11.0. The maximum Gasteiger partial charge on any atom is 0.337 e. The highest BCUT2D eigenvalue weighted by Crippen LogP contribution is 2.30. The maximum atomic E-state index is 11.3. The van der Waals surface area contributed by atoms with Crippen molar-refractivity contribution in [1.82, 2.24) is 4.57 Å². The van der Waals surface area contributed by atoms with E-state index in [2.05, 4.69) is 0 Å². The number of carbonyl (C=O) groups is 1. The average Bonchev–Trinajstić information content (AvgIpc) is 2.78. The van der Waals surface area contributed by atoms with Gasteiger partial charge in [-0.2, -0.15) is 0 Å². The first-order valence-electron chi connectivity index (χ1n) is 5.87. The summed E-state index contributed by atoms with van der Waals surface area (Å²) in [6.45, 7) is 0. The molecule has 0 amide bonds. The van der Waals surface area contributed by atoms with Gasteiger partial charge in [-0.05, 0) is 24.3 Å². The van der Waals surface area contributed by atoms with Crippen molar-refractivity contribution in [3.63, 3.8) is 0 Å². The van der Waals surface area contributed by atoms with Gasteiger partial charge in [-0.1, -0.05) is 41.4 Å². The molecule has 0 aliphatic rings. The number of hydrogen-bond donors (Lipinski definition) is 1. The molecule has 2 aromatic carbocycles. The monoisotopic (exact) mass is 305 g/mol. The Balaban J connectivity index is 2.34. The van der Waals surface area contributed by atoms with Crippen LogP contribution in [0.1, 0.15) is 10.4 Å². The maximum absolute atomic E-state index is 11.3. The summed E-state index contributed by atoms with van der Waals surface area (Å²) in [5.41, 5.74) is 1.72. The molecule has 0 spiro atoms. The molecule has 0 atom stereocenters. The number of para-hydroxylation sites is 1. The minimum Gasteiger partial charge on any atom is -0.478 e. The fourth-order valence-electron chi connectivity index (χ4n) is 2.23. The number of hydrogen-bond acceptors (Lipinski definition) is 1. The van der Waals surface area contributed by atoms with Crippen molar-refractivity contribution < 1.29 is 9.90 Å². The first kappa shape index (κ1) is 13.0. The molecule has 5 heteroatoms. The lowest BCUT2D eigenvalue weighted by Crippen LogP contribution is -1.95. The molecule has 3 nitrogen and oxygen atoms in total. The van der Waals surface area contributed by atoms with Gasteiger partial charge in [-0.15, -0.1) is 0 Å². The molecule has 0 saturated carbocycles. The van der Waals surface area contributed by atoms with Crippen LogP contribution < -0.4 is 0 Å². The lowest BCUT2D eigenvalue weighted by molar-refractivity contribution is 0.0699. The van der Waals surface area contributed by atoms with Gasteiger partial charge in [0.1, 0.15) is 0 Å². The Hall–Kier alpha value is -1.97. The largest absolute Gasteiger partial charge is 0.478 e. The number of carboxylic acid groups (broad SMARTS) is 1. The van der Waals surface area contributed by atoms with Gasteiger partial charge in [-0.3, -0.25) is 0 Å². The summed E-state index contributed by atoms with van der Waals surface area (Å²) in [6, 6.07) is 12.4. The van der Waals surface area contributed by atoms with Gasteiger partial charge < -0.3 is 9.67 Å². The fraction of sp³-hybridized carbons (Fsp3) is 0. The number of rotatable bonds is 2. The second kappa shape index (κ2) is 4.85. The first-order chi connectivity index (χ1) is 9.58. The van der Waals surface area contributed by atoms with Crippen LogP contribution in [0.5, 0.6) is 0 Å². The molecule has 0 radical (unpaired) electrons. The van der Waals surface area contributed by atoms with E-state index < -0.39 is 5.97 Å². The summed E-state index contributed by atoms with van der Waals surface area (Å²) in [7, 11) is 0. The van der Waals surface area contributed by atoms with Crippen LogP contribution in [0.25, 0.3) is 16.6 Å². The molecule has 1 N–H and O–H groups in total. The van der Waals surface area contributed by atoms with Crippen molar-refractivity contribution in [1.29, 1.82) is 0 Å². The molecule has 20 heavy (non-hydrogen) atoms. The quantitative estimate of drug-likeness (QED) is 0.749. The Morgan fingerprint density at radius 3 is 2.55 bits per heavy atom. The molecule has 0 aliphatic heterocycles. The average molecular weight is 306 g/mol. The summed E-state index contributed by atoms with van der Waals surface area (Å²) in [4.78, 5) is 11.3. The van der Waals surface area contributed by atoms with E-state index in [0.717, 1.165) is 5.52 Å². The molecule has 3 rings (SSSR count). The van der Waals surface area contributed by atoms with E-state index in [1.807, 2.05) is 18.2 Å². The van der Waals surface area contributed by atoms with E-state index in [1.54, 1.807) is 35.0 Å². The highest BCUT2D eigenvalue weighted by Gasteiger charge is 2.15. The SMILES string of the molecule is O=C(O)c1cn(-c2ccc(Cl)cc2Cl)c2ccccc12. The number of aromatic nitrogens is 1. The van der Waals surface area contributed by atoms with E-state index in [9.17, 15) is 9.90 Å². The minimum atomic E-state index is -0.968. The number of aromatic carboxylic acids is 1. The molecule has 0 unspecified atom stereocenters. The highest BCUT2D eigenvalue weighted by atomic mass is 35.5. The second-order valence-electron chi connectivity index (χ2n) is 4.33. The molecule has 1 aromatic heterocycles. The van der Waals surface area contributed by atoms with E-state index in [1.165, 1.54) is 0 Å². The van der Waals surface area contributed by atoms with Crippen LogP contribution in [-0.2, 0) is 0 Å². The summed E-state index contributed by atoms with van der Waals surface area (Å²) >= 11 is 12.1. The van der Waals surface area contributed by atoms with Crippen molar-refractivity contribution in [3.8, 4) is 5.69 Å². The number of carboxylic acids is 1. The minimum absolute atomic E-state index is 0.242. The van der Waals surface area contributed by atoms with Crippen LogP contribution in [0.15, 0.2) is 48.7 Å². The van der Waals surface area contributed by atoms with E-state index in [4.69, 9.17) is 23.2 Å². The van der Waals surface area contributed by atoms with Crippen LogP contribution in [0, 0.1) is 0 Å². The van der Waals surface area contributed by atoms with Gasteiger partial charge in [-0.25, -0.2) is 4.79 Å². The molecule has 0 saturated heterocycles. The Morgan fingerprint density at radius 1 is 1.10 bits per heavy atom. The Bertz CT molecular complexity index is 824. The Labute approximate surface area is 125 Å². The first-order valence-corrected chi connectivity index (χ1v) is 6.62. The summed E-state index contributed by atoms with van der Waals surface area (Å²) in [5.74, 6) is -0.968. The zero-order valence-electron chi connectivity index (χ0n) is 10.2. The molecule has 100 valence electrons. The molecule has 0 bridgehead atoms. The normalized spacial score (nSPS) is 10.9. The lowest BCUT2D eigenvalue weighted by atomic mass is 10.2. The van der Waals surface area contributed by atoms with Crippen molar-refractivity contribution in [2.24, 2.45) is 0 Å². The van der Waals surface area contributed by atoms with E-state index >= 15 is 0 Å². The summed E-state index contributed by atoms with van der Waals surface area (Å²) < 4.78 is 1.76. The standard InChI is InChI=1S/C15H9Cl2NO2/c16-9-5-6-14(12(17)7-9)18-8-11(15(19)20)10-3-1-2-4-13(10)18/h1-8H,(H,19,20). The molecule has 1 heterocycles. The van der Waals surface area contributed by atoms with Crippen molar-refractivity contribution in [3.05, 3.63) is 64.3 Å². The van der Waals surface area contributed by atoms with Gasteiger partial charge in [0.2, 0.25) is 0 Å². The summed E-state index contributed by atoms with van der Waals surface area (Å²) in [6.07, 6.45) is 1.57. The third-order valence-electron chi connectivity index (χ3n) is 3.11. The molecule has 3 aromatic rings. The molecule has 0 aliphatic carbocycles. The Kier molecular flexibility index (Phi) is 3.16. The number of fused-ring (bicyclic) bond motifs is 1. The third kappa shape index (κ3) is 2.05. The number of nitrogens with zero attached hydrogens (tertiary/aromatic N) is 1. The van der Waals surface area contributed by atoms with Crippen LogP contribution in [0.4, 0.5) is 0 Å². The zero-order chi connectivity index (χ0) is 14.3. The van der Waals surface area contributed by atoms with Gasteiger partial charge in [0, 0.05) is 16.6 Å². The smallest absolute Gasteiger partial charge is 0.337 e. The molecular weight excluding hydrogens is 297 g/mol. The van der Waals surface area contributed by atoms with Crippen molar-refractivity contribution in [2.45, 2.75) is 0 Å². The van der Waals surface area contributed by atoms with E-state index in [0.29, 0.717) is 21.1 Å². The molecular formula is C15H9Cl2NO2. The lowest BCUT2D eigenvalue weighted by Gasteiger charge is -2.07. The predicted octanol–water partition coefficient (Wildman–Crippen LogP) is 4.64. The van der Waals surface area contributed by atoms with Crippen LogP contribution in [0.2, 0.25) is 10.0 Å². The van der Waals surface area contributed by atoms with Crippen LogP contribution >= 0.6 is 23.2 Å². The zero-order valence-corrected chi connectivity index (χ0v) is 11.7. The van der Waals surface area contributed by atoms with Crippen molar-refractivity contribution in [2.75, 3.05) is 0 Å². The van der Waals surface area contributed by atoms with Gasteiger partial charge >= 0.3 is 5.97 Å². The molecule has 0 fully saturated rings. The van der Waals surface area contributed by atoms with Crippen LogP contribution in [0.3, 0.4) is 0 Å². The van der Waals surface area contributed by atoms with Crippen molar-refractivity contribution >= 4 is 40.1 Å². The van der Waals surface area contributed by atoms with Gasteiger partial charge in [0.25, 0.3) is 0 Å². The third-order valence-corrected chi connectivity index (χ3v) is 3.65. The van der Waals surface area contributed by atoms with Gasteiger partial charge in [0.15, 0.2) is 0 Å². The highest BCUT2D eigenvalue weighted by molar-refractivity contribution is 6.35. The Morgan fingerprint density at radius 2 is 1.85 bits per heavy atom. The van der Waals surface area contributed by atoms with Crippen LogP contribution in [-0.4, -0.2) is 15.6 Å². The topological polar surface area (TPSA) is 42.2 Å². The predicted molar refractivity (Wildman–Crippen MR) is 80.3 cm³/mol. The van der Waals surface area contributed by atoms with E-state index in [-0.39, 0.29) is 5.56 Å². The van der Waals surface area contributed by atoms with Gasteiger partial charge in [0.05, 0.1) is 21.8 Å². The number of benzene rings is 2. The number of halogens is 2. The fourth-order valence-corrected chi connectivity index (χ4v) is 2.73. The second-order valence-corrected chi connectivity index (χ2v) is 5.17.